The second-order valence-corrected chi connectivity index (χ2v) is 11.7. The fraction of sp³-hybridized carbons (Fsp3) is 0.923. The fourth-order valence-electron chi connectivity index (χ4n) is 9.11. The number of esters is 1. The number of carbonyl (C=O) groups is 2. The Balaban J connectivity index is 1.62. The molecule has 1 N–H and O–H groups in total. The van der Waals surface area contributed by atoms with Crippen molar-refractivity contribution in [2.75, 3.05) is 6.61 Å². The minimum atomic E-state index is -0.281. The van der Waals surface area contributed by atoms with Gasteiger partial charge in [0, 0.05) is 19.8 Å². The van der Waals surface area contributed by atoms with E-state index in [0.717, 1.165) is 19.3 Å². The van der Waals surface area contributed by atoms with E-state index in [1.54, 1.807) is 0 Å². The summed E-state index contributed by atoms with van der Waals surface area (Å²) in [4.78, 5) is 23.7. The third-order valence-corrected chi connectivity index (χ3v) is 10.5. The monoisotopic (exact) mass is 418 g/mol. The first kappa shape index (κ1) is 22.3. The molecule has 4 fully saturated rings. The number of carbonyl (C=O) groups excluding carboxylic acids is 2. The van der Waals surface area contributed by atoms with Crippen molar-refractivity contribution in [2.45, 2.75) is 92.1 Å². The van der Waals surface area contributed by atoms with Crippen LogP contribution in [0, 0.1) is 52.3 Å². The summed E-state index contributed by atoms with van der Waals surface area (Å²) in [6, 6.07) is 0. The molecule has 4 heteroatoms. The van der Waals surface area contributed by atoms with E-state index in [2.05, 4.69) is 27.7 Å². The molecule has 170 valence electrons. The lowest BCUT2D eigenvalue weighted by Crippen LogP contribution is -2.62. The van der Waals surface area contributed by atoms with Crippen LogP contribution in [0.5, 0.6) is 0 Å². The summed E-state index contributed by atoms with van der Waals surface area (Å²) in [5.74, 6) is 3.16. The summed E-state index contributed by atoms with van der Waals surface area (Å²) >= 11 is 0. The minimum absolute atomic E-state index is 0.190. The van der Waals surface area contributed by atoms with Crippen molar-refractivity contribution in [1.82, 2.24) is 0 Å². The molecule has 4 rings (SSSR count). The van der Waals surface area contributed by atoms with Crippen LogP contribution in [-0.2, 0) is 14.3 Å². The van der Waals surface area contributed by atoms with E-state index >= 15 is 0 Å². The Morgan fingerprint density at radius 2 is 1.83 bits per heavy atom. The Bertz CT molecular complexity index is 689. The number of ether oxygens (including phenoxy) is 1. The van der Waals surface area contributed by atoms with E-state index in [1.165, 1.54) is 32.6 Å². The molecule has 30 heavy (non-hydrogen) atoms. The third-order valence-electron chi connectivity index (χ3n) is 10.5. The van der Waals surface area contributed by atoms with Crippen molar-refractivity contribution < 1.29 is 19.4 Å². The van der Waals surface area contributed by atoms with Gasteiger partial charge < -0.3 is 9.84 Å². The predicted molar refractivity (Wildman–Crippen MR) is 117 cm³/mol. The molecule has 0 aromatic heterocycles. The predicted octanol–water partition coefficient (Wildman–Crippen LogP) is 5.02. The van der Waals surface area contributed by atoms with Crippen molar-refractivity contribution in [3.05, 3.63) is 0 Å². The normalized spacial score (nSPS) is 49.0. The van der Waals surface area contributed by atoms with E-state index in [-0.39, 0.29) is 28.8 Å². The summed E-state index contributed by atoms with van der Waals surface area (Å²) in [5.41, 5.74) is 0.412. The zero-order chi connectivity index (χ0) is 21.8. The van der Waals surface area contributed by atoms with E-state index in [0.29, 0.717) is 54.3 Å². The van der Waals surface area contributed by atoms with Gasteiger partial charge in [0.2, 0.25) is 0 Å². The Morgan fingerprint density at radius 3 is 2.50 bits per heavy atom. The van der Waals surface area contributed by atoms with Gasteiger partial charge in [0.1, 0.15) is 5.78 Å². The maximum Gasteiger partial charge on any atom is 0.302 e. The van der Waals surface area contributed by atoms with Gasteiger partial charge in [-0.3, -0.25) is 9.59 Å². The lowest BCUT2D eigenvalue weighted by atomic mass is 9.41. The molecule has 0 spiro atoms. The number of hydrogen-bond acceptors (Lipinski definition) is 4. The Hall–Kier alpha value is -0.900. The quantitative estimate of drug-likeness (QED) is 0.651. The molecule has 0 heterocycles. The molecule has 0 radical (unpaired) electrons. The number of ketones is 1. The number of aliphatic hydroxyl groups excluding tert-OH is 1. The molecule has 0 bridgehead atoms. The number of fused-ring (bicyclic) bond motifs is 5. The van der Waals surface area contributed by atoms with Crippen LogP contribution in [-0.4, -0.2) is 29.6 Å². The highest BCUT2D eigenvalue weighted by Gasteiger charge is 2.64. The van der Waals surface area contributed by atoms with Crippen LogP contribution in [0.4, 0.5) is 0 Å². The Kier molecular flexibility index (Phi) is 5.87. The number of hydrogen-bond donors (Lipinski definition) is 1. The van der Waals surface area contributed by atoms with Gasteiger partial charge in [0.25, 0.3) is 0 Å². The van der Waals surface area contributed by atoms with E-state index < -0.39 is 0 Å². The standard InChI is InChI=1S/C26H42O4/c1-6-18-22-13-17(28)9-11-26(22,5)21-10-12-25(4)19(15(2)14-30-16(3)27)7-8-20(25)23(21)24(18)29/h15,18-24,29H,6-14H2,1-5H3/t15-,18-,19-,20?,21?,22?,23?,24+,25-,26?/m1/s1. The second-order valence-electron chi connectivity index (χ2n) is 11.7. The van der Waals surface area contributed by atoms with Crippen molar-refractivity contribution in [3.63, 3.8) is 0 Å². The van der Waals surface area contributed by atoms with E-state index in [9.17, 15) is 14.7 Å². The number of aliphatic hydroxyl groups is 1. The van der Waals surface area contributed by atoms with Crippen LogP contribution in [0.15, 0.2) is 0 Å². The number of rotatable bonds is 4. The lowest BCUT2D eigenvalue weighted by Gasteiger charge is -2.64. The molecule has 0 aliphatic heterocycles. The van der Waals surface area contributed by atoms with Crippen LogP contribution in [0.1, 0.15) is 86.0 Å². The van der Waals surface area contributed by atoms with Crippen molar-refractivity contribution in [1.29, 1.82) is 0 Å². The van der Waals surface area contributed by atoms with E-state index in [1.807, 2.05) is 0 Å². The zero-order valence-electron chi connectivity index (χ0n) is 19.7. The molecule has 0 aromatic rings. The molecule has 4 nitrogen and oxygen atoms in total. The highest BCUT2D eigenvalue weighted by atomic mass is 16.5. The molecule has 0 saturated heterocycles. The summed E-state index contributed by atoms with van der Waals surface area (Å²) in [5, 5.41) is 11.7. The van der Waals surface area contributed by atoms with Gasteiger partial charge in [-0.2, -0.15) is 0 Å². The van der Waals surface area contributed by atoms with Crippen molar-refractivity contribution in [3.8, 4) is 0 Å². The average Bonchev–Trinajstić information content (AvgIpc) is 3.05. The second kappa shape index (κ2) is 7.90. The molecule has 0 amide bonds. The first-order valence-corrected chi connectivity index (χ1v) is 12.5. The topological polar surface area (TPSA) is 63.6 Å². The third kappa shape index (κ3) is 3.27. The summed E-state index contributed by atoms with van der Waals surface area (Å²) in [7, 11) is 0. The van der Waals surface area contributed by atoms with Crippen molar-refractivity contribution in [2.24, 2.45) is 52.3 Å². The van der Waals surface area contributed by atoms with Crippen molar-refractivity contribution >= 4 is 11.8 Å². The smallest absolute Gasteiger partial charge is 0.302 e. The van der Waals surface area contributed by atoms with Crippen LogP contribution in [0.25, 0.3) is 0 Å². The van der Waals surface area contributed by atoms with Crippen LogP contribution in [0.3, 0.4) is 0 Å². The van der Waals surface area contributed by atoms with Gasteiger partial charge in [0.15, 0.2) is 0 Å². The highest BCUT2D eigenvalue weighted by molar-refractivity contribution is 5.79. The number of Topliss-reactive ketones (excluding diaryl/α,β-unsaturated/α-hetero) is 1. The van der Waals surface area contributed by atoms with Gasteiger partial charge in [0.05, 0.1) is 12.7 Å². The van der Waals surface area contributed by atoms with Gasteiger partial charge in [-0.05, 0) is 84.4 Å². The molecule has 4 aliphatic carbocycles. The first-order chi connectivity index (χ1) is 14.1. The summed E-state index contributed by atoms with van der Waals surface area (Å²) in [6.45, 7) is 11.4. The Morgan fingerprint density at radius 1 is 1.13 bits per heavy atom. The molecule has 4 aliphatic rings. The minimum Gasteiger partial charge on any atom is -0.466 e. The Labute approximate surface area is 182 Å². The first-order valence-electron chi connectivity index (χ1n) is 12.5. The van der Waals surface area contributed by atoms with Gasteiger partial charge >= 0.3 is 5.97 Å². The molecular weight excluding hydrogens is 376 g/mol. The van der Waals surface area contributed by atoms with Gasteiger partial charge in [-0.1, -0.05) is 34.1 Å². The van der Waals surface area contributed by atoms with Crippen LogP contribution in [0.2, 0.25) is 0 Å². The molecule has 0 aromatic carbocycles. The highest BCUT2D eigenvalue weighted by Crippen LogP contribution is 2.69. The molecule has 4 saturated carbocycles. The average molecular weight is 419 g/mol. The molecular formula is C26H42O4. The SMILES string of the molecule is CC[C@@H]1C2CC(=O)CCC2(C)C2CC[C@@]3(C)C(CC[C@@H]3[C@H](C)COC(C)=O)C2[C@H]1O. The largest absolute Gasteiger partial charge is 0.466 e. The van der Waals surface area contributed by atoms with Gasteiger partial charge in [-0.15, -0.1) is 0 Å². The zero-order valence-corrected chi connectivity index (χ0v) is 19.7. The van der Waals surface area contributed by atoms with E-state index in [4.69, 9.17) is 4.74 Å². The van der Waals surface area contributed by atoms with Crippen LogP contribution < -0.4 is 0 Å². The lowest BCUT2D eigenvalue weighted by molar-refractivity contribution is -0.195. The summed E-state index contributed by atoms with van der Waals surface area (Å²) in [6.07, 6.45) is 7.83. The molecule has 5 unspecified atom stereocenters. The fourth-order valence-corrected chi connectivity index (χ4v) is 9.11. The summed E-state index contributed by atoms with van der Waals surface area (Å²) < 4.78 is 5.38. The molecule has 10 atom stereocenters. The maximum atomic E-state index is 12.3. The van der Waals surface area contributed by atoms with Crippen LogP contribution >= 0.6 is 0 Å². The maximum absolute atomic E-state index is 12.3. The van der Waals surface area contributed by atoms with Gasteiger partial charge in [-0.25, -0.2) is 0 Å².